The van der Waals surface area contributed by atoms with Crippen molar-refractivity contribution in [1.29, 1.82) is 0 Å². The lowest BCUT2D eigenvalue weighted by Gasteiger charge is -2.35. The van der Waals surface area contributed by atoms with E-state index in [0.717, 1.165) is 16.7 Å². The van der Waals surface area contributed by atoms with E-state index in [4.69, 9.17) is 0 Å². The molecule has 3 rings (SSSR count). The first-order valence-electron chi connectivity index (χ1n) is 7.62. The Hall–Kier alpha value is -2.69. The summed E-state index contributed by atoms with van der Waals surface area (Å²) in [5.74, 6) is 0.200. The van der Waals surface area contributed by atoms with Gasteiger partial charge in [-0.1, -0.05) is 30.3 Å². The lowest BCUT2D eigenvalue weighted by molar-refractivity contribution is -0.138. The summed E-state index contributed by atoms with van der Waals surface area (Å²) in [6.45, 7) is 3.90. The monoisotopic (exact) mass is 309 g/mol. The quantitative estimate of drug-likeness (QED) is 0.926. The Morgan fingerprint density at radius 1 is 1.17 bits per heavy atom. The van der Waals surface area contributed by atoms with Gasteiger partial charge in [0.1, 0.15) is 11.9 Å². The van der Waals surface area contributed by atoms with Crippen LogP contribution in [0.2, 0.25) is 0 Å². The highest BCUT2D eigenvalue weighted by atomic mass is 16.2. The zero-order valence-corrected chi connectivity index (χ0v) is 13.2. The zero-order chi connectivity index (χ0) is 16.4. The number of hydrogen-bond acceptors (Lipinski definition) is 3. The van der Waals surface area contributed by atoms with Gasteiger partial charge in [0.2, 0.25) is 11.8 Å². The summed E-state index contributed by atoms with van der Waals surface area (Å²) in [5, 5.41) is 2.81. The number of aromatic nitrogens is 1. The van der Waals surface area contributed by atoms with Crippen LogP contribution in [0.4, 0.5) is 5.82 Å². The van der Waals surface area contributed by atoms with Crippen molar-refractivity contribution in [1.82, 2.24) is 9.88 Å². The number of carbonyl (C=O) groups is 2. The van der Waals surface area contributed by atoms with Gasteiger partial charge in [0.15, 0.2) is 0 Å². The van der Waals surface area contributed by atoms with E-state index >= 15 is 0 Å². The van der Waals surface area contributed by atoms with Gasteiger partial charge in [-0.15, -0.1) is 0 Å². The molecular formula is C18H19N3O2. The maximum atomic E-state index is 12.6. The lowest BCUT2D eigenvalue weighted by atomic mass is 9.93. The predicted octanol–water partition coefficient (Wildman–Crippen LogP) is 2.30. The second-order valence-electron chi connectivity index (χ2n) is 5.85. The first-order chi connectivity index (χ1) is 11.0. The summed E-state index contributed by atoms with van der Waals surface area (Å²) in [5.41, 5.74) is 3.24. The molecule has 1 aromatic carbocycles. The van der Waals surface area contributed by atoms with Crippen molar-refractivity contribution in [2.24, 2.45) is 0 Å². The van der Waals surface area contributed by atoms with Gasteiger partial charge < -0.3 is 10.2 Å². The number of carbonyl (C=O) groups excluding carboxylic acids is 2. The van der Waals surface area contributed by atoms with E-state index in [2.05, 4.69) is 10.3 Å². The second kappa shape index (κ2) is 6.20. The molecule has 118 valence electrons. The van der Waals surface area contributed by atoms with Crippen LogP contribution in [0, 0.1) is 6.92 Å². The number of fused-ring (bicyclic) bond motifs is 1. The van der Waals surface area contributed by atoms with E-state index in [1.807, 2.05) is 37.3 Å². The van der Waals surface area contributed by atoms with Crippen molar-refractivity contribution in [2.45, 2.75) is 32.9 Å². The average Bonchev–Trinajstić information content (AvgIpc) is 2.55. The van der Waals surface area contributed by atoms with Crippen LogP contribution >= 0.6 is 0 Å². The highest BCUT2D eigenvalue weighted by Crippen LogP contribution is 2.24. The molecule has 0 saturated heterocycles. The summed E-state index contributed by atoms with van der Waals surface area (Å²) in [4.78, 5) is 30.4. The number of amides is 2. The average molecular weight is 309 g/mol. The molecule has 0 aliphatic carbocycles. The van der Waals surface area contributed by atoms with E-state index in [9.17, 15) is 9.59 Å². The van der Waals surface area contributed by atoms with Gasteiger partial charge in [-0.25, -0.2) is 4.98 Å². The summed E-state index contributed by atoms with van der Waals surface area (Å²) < 4.78 is 0. The molecule has 0 fully saturated rings. The smallest absolute Gasteiger partial charge is 0.248 e. The minimum Gasteiger partial charge on any atom is -0.326 e. The van der Waals surface area contributed by atoms with Crippen LogP contribution in [0.15, 0.2) is 42.6 Å². The minimum atomic E-state index is -0.509. The van der Waals surface area contributed by atoms with Gasteiger partial charge in [0.05, 0.1) is 0 Å². The van der Waals surface area contributed by atoms with Crippen molar-refractivity contribution >= 4 is 17.6 Å². The van der Waals surface area contributed by atoms with Crippen LogP contribution in [0.1, 0.15) is 23.6 Å². The molecule has 1 atom stereocenters. The Labute approximate surface area is 135 Å². The standard InChI is InChI=1S/C18H19N3O2/c1-12-7-8-17(19-10-12)20-18(23)16-9-14-5-3-4-6-15(14)11-21(16)13(2)22/h3-8,10,16H,9,11H2,1-2H3,(H,19,20,23)/t16-/m1/s1. The van der Waals surface area contributed by atoms with Crippen molar-refractivity contribution in [3.05, 3.63) is 59.3 Å². The fraction of sp³-hybridized carbons (Fsp3) is 0.278. The number of benzene rings is 1. The number of nitrogens with one attached hydrogen (secondary N) is 1. The van der Waals surface area contributed by atoms with Crippen LogP contribution < -0.4 is 5.32 Å². The third-order valence-electron chi connectivity index (χ3n) is 4.12. The predicted molar refractivity (Wildman–Crippen MR) is 87.8 cm³/mol. The molecule has 1 aliphatic rings. The van der Waals surface area contributed by atoms with Gasteiger partial charge in [-0.3, -0.25) is 9.59 Å². The topological polar surface area (TPSA) is 62.3 Å². The van der Waals surface area contributed by atoms with Gasteiger partial charge in [-0.05, 0) is 29.7 Å². The first-order valence-corrected chi connectivity index (χ1v) is 7.62. The molecule has 1 N–H and O–H groups in total. The minimum absolute atomic E-state index is 0.100. The Balaban J connectivity index is 1.83. The van der Waals surface area contributed by atoms with Gasteiger partial charge in [0.25, 0.3) is 0 Å². The van der Waals surface area contributed by atoms with Crippen molar-refractivity contribution in [3.8, 4) is 0 Å². The second-order valence-corrected chi connectivity index (χ2v) is 5.85. The molecule has 2 heterocycles. The Morgan fingerprint density at radius 2 is 1.91 bits per heavy atom. The van der Waals surface area contributed by atoms with Crippen LogP contribution in [-0.2, 0) is 22.6 Å². The molecule has 5 nitrogen and oxygen atoms in total. The normalized spacial score (nSPS) is 16.6. The maximum absolute atomic E-state index is 12.6. The molecule has 2 aromatic rings. The Morgan fingerprint density at radius 3 is 2.57 bits per heavy atom. The third-order valence-corrected chi connectivity index (χ3v) is 4.12. The van der Waals surface area contributed by atoms with Crippen LogP contribution in [0.5, 0.6) is 0 Å². The molecule has 0 bridgehead atoms. The first kappa shape index (κ1) is 15.2. The van der Waals surface area contributed by atoms with E-state index < -0.39 is 6.04 Å². The Kier molecular flexibility index (Phi) is 4.10. The number of nitrogens with zero attached hydrogens (tertiary/aromatic N) is 2. The Bertz CT molecular complexity index is 740. The van der Waals surface area contributed by atoms with Crippen molar-refractivity contribution < 1.29 is 9.59 Å². The summed E-state index contributed by atoms with van der Waals surface area (Å²) in [7, 11) is 0. The molecule has 0 radical (unpaired) electrons. The number of anilines is 1. The van der Waals surface area contributed by atoms with Crippen molar-refractivity contribution in [2.75, 3.05) is 5.32 Å². The fourth-order valence-corrected chi connectivity index (χ4v) is 2.84. The van der Waals surface area contributed by atoms with Gasteiger partial charge in [0, 0.05) is 26.1 Å². The zero-order valence-electron chi connectivity index (χ0n) is 13.2. The van der Waals surface area contributed by atoms with Crippen LogP contribution in [0.25, 0.3) is 0 Å². The van der Waals surface area contributed by atoms with Crippen LogP contribution in [0.3, 0.4) is 0 Å². The molecule has 2 amide bonds. The molecule has 0 unspecified atom stereocenters. The molecule has 0 saturated carbocycles. The maximum Gasteiger partial charge on any atom is 0.248 e. The van der Waals surface area contributed by atoms with E-state index in [0.29, 0.717) is 18.8 Å². The molecule has 23 heavy (non-hydrogen) atoms. The van der Waals surface area contributed by atoms with E-state index in [1.165, 1.54) is 6.92 Å². The summed E-state index contributed by atoms with van der Waals surface area (Å²) in [6, 6.07) is 11.1. The van der Waals surface area contributed by atoms with Crippen LogP contribution in [-0.4, -0.2) is 27.7 Å². The molecular weight excluding hydrogens is 290 g/mol. The number of pyridine rings is 1. The summed E-state index contributed by atoms with van der Waals surface area (Å²) in [6.07, 6.45) is 2.22. The molecule has 1 aromatic heterocycles. The van der Waals surface area contributed by atoms with Crippen molar-refractivity contribution in [3.63, 3.8) is 0 Å². The SMILES string of the molecule is CC(=O)N1Cc2ccccc2C[C@@H]1C(=O)Nc1ccc(C)cn1. The van der Waals surface area contributed by atoms with E-state index in [-0.39, 0.29) is 11.8 Å². The number of aryl methyl sites for hydroxylation is 1. The van der Waals surface area contributed by atoms with Gasteiger partial charge >= 0.3 is 0 Å². The van der Waals surface area contributed by atoms with Gasteiger partial charge in [-0.2, -0.15) is 0 Å². The molecule has 1 aliphatic heterocycles. The largest absolute Gasteiger partial charge is 0.326 e. The highest BCUT2D eigenvalue weighted by molar-refractivity contribution is 5.96. The molecule has 5 heteroatoms. The third kappa shape index (κ3) is 3.23. The fourth-order valence-electron chi connectivity index (χ4n) is 2.84. The lowest BCUT2D eigenvalue weighted by Crippen LogP contribution is -2.50. The number of hydrogen-bond donors (Lipinski definition) is 1. The van der Waals surface area contributed by atoms with E-state index in [1.54, 1.807) is 17.2 Å². The summed E-state index contributed by atoms with van der Waals surface area (Å²) >= 11 is 0. The number of rotatable bonds is 2. The molecule has 0 spiro atoms. The highest BCUT2D eigenvalue weighted by Gasteiger charge is 2.33.